The van der Waals surface area contributed by atoms with Crippen molar-refractivity contribution in [3.63, 3.8) is 0 Å². The van der Waals surface area contributed by atoms with Crippen LogP contribution < -0.4 is 10.1 Å². The highest BCUT2D eigenvalue weighted by molar-refractivity contribution is 8.00. The number of nitrogens with one attached hydrogen (secondary N) is 1. The van der Waals surface area contributed by atoms with Crippen LogP contribution in [0.4, 0.5) is 5.69 Å². The molecule has 0 unspecified atom stereocenters. The van der Waals surface area contributed by atoms with E-state index in [1.54, 1.807) is 7.11 Å². The summed E-state index contributed by atoms with van der Waals surface area (Å²) < 4.78 is 7.43. The van der Waals surface area contributed by atoms with Gasteiger partial charge in [0.25, 0.3) is 0 Å². The number of hydrogen-bond donors (Lipinski definition) is 1. The van der Waals surface area contributed by atoms with E-state index in [1.807, 2.05) is 79.7 Å². The van der Waals surface area contributed by atoms with Gasteiger partial charge in [0, 0.05) is 5.39 Å². The third kappa shape index (κ3) is 3.54. The molecule has 0 bridgehead atoms. The fourth-order valence-electron chi connectivity index (χ4n) is 3.80. The normalized spacial score (nSPS) is 12.3. The van der Waals surface area contributed by atoms with E-state index in [4.69, 9.17) is 14.7 Å². The maximum Gasteiger partial charge on any atom is 0.238 e. The number of carbonyl (C=O) groups excluding carboxylic acids is 1. The maximum atomic E-state index is 13.2. The van der Waals surface area contributed by atoms with Gasteiger partial charge in [-0.05, 0) is 42.8 Å². The van der Waals surface area contributed by atoms with E-state index < -0.39 is 0 Å². The summed E-state index contributed by atoms with van der Waals surface area (Å²) in [4.78, 5) is 23.0. The highest BCUT2D eigenvalue weighted by atomic mass is 32.2. The Balaban J connectivity index is 1.58. The molecule has 7 heteroatoms. The monoisotopic (exact) mass is 442 g/mol. The molecule has 1 amide bonds. The van der Waals surface area contributed by atoms with E-state index in [1.165, 1.54) is 11.8 Å². The van der Waals surface area contributed by atoms with Crippen molar-refractivity contribution in [2.75, 3.05) is 12.4 Å². The predicted molar refractivity (Wildman–Crippen MR) is 130 cm³/mol. The number of thioether (sulfide) groups is 1. The smallest absolute Gasteiger partial charge is 0.238 e. The minimum absolute atomic E-state index is 0.0884. The summed E-state index contributed by atoms with van der Waals surface area (Å²) in [6.45, 7) is 2.00. The second-order valence-corrected chi connectivity index (χ2v) is 8.55. The molecular formula is C25H22N4O2S. The second-order valence-electron chi connectivity index (χ2n) is 7.38. The summed E-state index contributed by atoms with van der Waals surface area (Å²) >= 11 is 1.45. The number of carbonyl (C=O) groups is 1. The van der Waals surface area contributed by atoms with Gasteiger partial charge in [-0.3, -0.25) is 9.20 Å². The number of benzene rings is 3. The molecule has 32 heavy (non-hydrogen) atoms. The molecule has 2 aromatic heterocycles. The summed E-state index contributed by atoms with van der Waals surface area (Å²) in [6.07, 6.45) is 0.647. The van der Waals surface area contributed by atoms with Gasteiger partial charge in [-0.1, -0.05) is 55.1 Å². The standard InChI is InChI=1S/C25H22N4O2S/c1-3-22(24(30)27-19-13-7-9-15-21(19)31-2)32-25-28-17-11-5-4-10-16(17)23-26-18-12-6-8-14-20(18)29(23)25/h4-15,22H,3H2,1-2H3,(H,27,30)/t22-/m0/s1. The van der Waals surface area contributed by atoms with Gasteiger partial charge in [0.2, 0.25) is 5.91 Å². The Labute approximate surface area is 189 Å². The van der Waals surface area contributed by atoms with Gasteiger partial charge in [0.1, 0.15) is 11.4 Å². The van der Waals surface area contributed by atoms with Crippen LogP contribution in [0.3, 0.4) is 0 Å². The van der Waals surface area contributed by atoms with Crippen molar-refractivity contribution in [1.29, 1.82) is 0 Å². The van der Waals surface area contributed by atoms with Crippen LogP contribution >= 0.6 is 11.8 Å². The van der Waals surface area contributed by atoms with Gasteiger partial charge in [-0.25, -0.2) is 9.97 Å². The zero-order valence-corrected chi connectivity index (χ0v) is 18.6. The third-order valence-electron chi connectivity index (χ3n) is 5.39. The van der Waals surface area contributed by atoms with Gasteiger partial charge in [0.05, 0.1) is 34.6 Å². The van der Waals surface area contributed by atoms with Crippen molar-refractivity contribution in [3.8, 4) is 5.75 Å². The predicted octanol–water partition coefficient (Wildman–Crippen LogP) is 5.55. The second kappa shape index (κ2) is 8.51. The molecular weight excluding hydrogens is 420 g/mol. The van der Waals surface area contributed by atoms with Crippen LogP contribution in [0.1, 0.15) is 13.3 Å². The van der Waals surface area contributed by atoms with E-state index >= 15 is 0 Å². The Hall–Kier alpha value is -3.58. The molecule has 0 aliphatic carbocycles. The van der Waals surface area contributed by atoms with Crippen LogP contribution in [0.15, 0.2) is 78.0 Å². The van der Waals surface area contributed by atoms with Crippen LogP contribution in [-0.4, -0.2) is 32.6 Å². The Morgan fingerprint density at radius 3 is 2.53 bits per heavy atom. The molecule has 0 aliphatic rings. The van der Waals surface area contributed by atoms with Gasteiger partial charge >= 0.3 is 0 Å². The maximum absolute atomic E-state index is 13.2. The number of nitrogens with zero attached hydrogens (tertiary/aromatic N) is 3. The molecule has 160 valence electrons. The van der Waals surface area contributed by atoms with Crippen molar-refractivity contribution in [2.45, 2.75) is 23.8 Å². The third-order valence-corrected chi connectivity index (χ3v) is 6.71. The molecule has 0 saturated carbocycles. The molecule has 0 fully saturated rings. The Morgan fingerprint density at radius 1 is 1.00 bits per heavy atom. The number of amides is 1. The summed E-state index contributed by atoms with van der Waals surface area (Å²) in [7, 11) is 1.59. The zero-order valence-electron chi connectivity index (χ0n) is 17.8. The first-order valence-electron chi connectivity index (χ1n) is 10.5. The summed E-state index contributed by atoms with van der Waals surface area (Å²) in [5.41, 5.74) is 4.24. The molecule has 3 aromatic carbocycles. The molecule has 1 N–H and O–H groups in total. The van der Waals surface area contributed by atoms with Gasteiger partial charge in [-0.2, -0.15) is 0 Å². The first kappa shape index (κ1) is 20.3. The highest BCUT2D eigenvalue weighted by Gasteiger charge is 2.23. The average molecular weight is 443 g/mol. The van der Waals surface area contributed by atoms with E-state index in [0.717, 1.165) is 32.7 Å². The number of ether oxygens (including phenoxy) is 1. The largest absolute Gasteiger partial charge is 0.495 e. The summed E-state index contributed by atoms with van der Waals surface area (Å²) in [6, 6.07) is 23.4. The van der Waals surface area contributed by atoms with Gasteiger partial charge in [-0.15, -0.1) is 0 Å². The van der Waals surface area contributed by atoms with Crippen LogP contribution in [0, 0.1) is 0 Å². The Bertz CT molecular complexity index is 1450. The molecule has 0 radical (unpaired) electrons. The van der Waals surface area contributed by atoms with Crippen LogP contribution in [0.25, 0.3) is 27.6 Å². The lowest BCUT2D eigenvalue weighted by molar-refractivity contribution is -0.115. The van der Waals surface area contributed by atoms with E-state index in [-0.39, 0.29) is 11.2 Å². The number of hydrogen-bond acceptors (Lipinski definition) is 5. The van der Waals surface area contributed by atoms with E-state index in [9.17, 15) is 4.79 Å². The Morgan fingerprint density at radius 2 is 1.72 bits per heavy atom. The van der Waals surface area contributed by atoms with E-state index in [0.29, 0.717) is 17.9 Å². The number of fused-ring (bicyclic) bond motifs is 5. The zero-order chi connectivity index (χ0) is 22.1. The van der Waals surface area contributed by atoms with Crippen LogP contribution in [-0.2, 0) is 4.79 Å². The molecule has 0 aliphatic heterocycles. The molecule has 1 atom stereocenters. The van der Waals surface area contributed by atoms with Crippen molar-refractivity contribution in [3.05, 3.63) is 72.8 Å². The van der Waals surface area contributed by atoms with Crippen molar-refractivity contribution < 1.29 is 9.53 Å². The van der Waals surface area contributed by atoms with Crippen LogP contribution in [0.5, 0.6) is 5.75 Å². The van der Waals surface area contributed by atoms with Crippen molar-refractivity contribution in [2.24, 2.45) is 0 Å². The first-order valence-corrected chi connectivity index (χ1v) is 11.3. The van der Waals surface area contributed by atoms with Gasteiger partial charge in [0.15, 0.2) is 5.16 Å². The molecule has 0 saturated heterocycles. The van der Waals surface area contributed by atoms with Gasteiger partial charge < -0.3 is 10.1 Å². The topological polar surface area (TPSA) is 68.5 Å². The number of methoxy groups -OCH3 is 1. The quantitative estimate of drug-likeness (QED) is 0.276. The molecule has 5 aromatic rings. The minimum atomic E-state index is -0.335. The Kier molecular flexibility index (Phi) is 5.41. The molecule has 6 nitrogen and oxygen atoms in total. The molecule has 0 spiro atoms. The van der Waals surface area contributed by atoms with E-state index in [2.05, 4.69) is 9.72 Å². The average Bonchev–Trinajstić information content (AvgIpc) is 3.23. The van der Waals surface area contributed by atoms with Crippen molar-refractivity contribution >= 4 is 50.9 Å². The summed E-state index contributed by atoms with van der Waals surface area (Å²) in [5.74, 6) is 0.544. The first-order chi connectivity index (χ1) is 15.7. The number of rotatable bonds is 6. The number of anilines is 1. The molecule has 5 rings (SSSR count). The fourth-order valence-corrected chi connectivity index (χ4v) is 4.83. The summed E-state index contributed by atoms with van der Waals surface area (Å²) in [5, 5.41) is 4.41. The lowest BCUT2D eigenvalue weighted by Gasteiger charge is -2.17. The number of para-hydroxylation sites is 5. The number of imidazole rings is 1. The lowest BCUT2D eigenvalue weighted by atomic mass is 10.2. The SMILES string of the molecule is CC[C@H](Sc1nc2ccccc2c2nc3ccccc3n12)C(=O)Nc1ccccc1OC. The minimum Gasteiger partial charge on any atom is -0.495 e. The van der Waals surface area contributed by atoms with Crippen LogP contribution in [0.2, 0.25) is 0 Å². The molecule has 2 heterocycles. The lowest BCUT2D eigenvalue weighted by Crippen LogP contribution is -2.25. The van der Waals surface area contributed by atoms with Crippen molar-refractivity contribution in [1.82, 2.24) is 14.4 Å². The fraction of sp³-hybridized carbons (Fsp3) is 0.160. The number of aromatic nitrogens is 3. The highest BCUT2D eigenvalue weighted by Crippen LogP contribution is 2.33.